The van der Waals surface area contributed by atoms with Gasteiger partial charge in [-0.25, -0.2) is 8.42 Å². The third kappa shape index (κ3) is 9.37. The molecule has 0 aliphatic heterocycles. The van der Waals surface area contributed by atoms with Crippen LogP contribution in [0.25, 0.3) is 0 Å². The van der Waals surface area contributed by atoms with Crippen LogP contribution in [0.5, 0.6) is 5.75 Å². The van der Waals surface area contributed by atoms with Gasteiger partial charge in [0, 0.05) is 40.1 Å². The van der Waals surface area contributed by atoms with Crippen LogP contribution in [0.15, 0.2) is 100 Å². The minimum atomic E-state index is -4.67. The van der Waals surface area contributed by atoms with E-state index in [1.807, 2.05) is 36.4 Å². The topological polar surface area (TPSA) is 139 Å². The molecule has 1 atom stereocenters. The molecule has 1 N–H and O–H groups in total. The van der Waals surface area contributed by atoms with Gasteiger partial charge in [0.25, 0.3) is 15.7 Å². The highest BCUT2D eigenvalue weighted by atomic mass is 79.9. The normalized spacial score (nSPS) is 11.9. The summed E-state index contributed by atoms with van der Waals surface area (Å²) in [7, 11) is -3.34. The van der Waals surface area contributed by atoms with Crippen molar-refractivity contribution in [3.63, 3.8) is 0 Å². The molecule has 0 aliphatic rings. The van der Waals surface area contributed by atoms with E-state index in [4.69, 9.17) is 16.3 Å². The molecule has 0 bridgehead atoms. The molecular formula is C35H36BrClN4O7S. The van der Waals surface area contributed by atoms with Crippen molar-refractivity contribution in [2.24, 2.45) is 0 Å². The third-order valence-electron chi connectivity index (χ3n) is 7.60. The van der Waals surface area contributed by atoms with Gasteiger partial charge in [-0.2, -0.15) is 0 Å². The molecule has 0 heterocycles. The Morgan fingerprint density at radius 3 is 2.31 bits per heavy atom. The van der Waals surface area contributed by atoms with E-state index < -0.39 is 49.9 Å². The lowest BCUT2D eigenvalue weighted by Gasteiger charge is -2.34. The fraction of sp³-hybridized carbons (Fsp3) is 0.257. The first-order valence-electron chi connectivity index (χ1n) is 15.2. The van der Waals surface area contributed by atoms with Gasteiger partial charge in [0.2, 0.25) is 11.8 Å². The van der Waals surface area contributed by atoms with Crippen molar-refractivity contribution in [2.75, 3.05) is 18.0 Å². The van der Waals surface area contributed by atoms with Crippen molar-refractivity contribution in [1.82, 2.24) is 10.2 Å². The van der Waals surface area contributed by atoms with Crippen LogP contribution in [0.3, 0.4) is 0 Å². The van der Waals surface area contributed by atoms with Crippen molar-refractivity contribution >= 4 is 60.7 Å². The summed E-state index contributed by atoms with van der Waals surface area (Å²) in [6.07, 6.45) is 0.135. The van der Waals surface area contributed by atoms with Crippen LogP contribution in [0.2, 0.25) is 5.02 Å². The Kier molecular flexibility index (Phi) is 12.4. The van der Waals surface area contributed by atoms with E-state index in [0.717, 1.165) is 20.4 Å². The second-order valence-corrected chi connectivity index (χ2v) is 14.8. The molecule has 0 saturated heterocycles. The number of aryl methyl sites for hydroxylation is 1. The summed E-state index contributed by atoms with van der Waals surface area (Å²) in [5, 5.41) is 14.8. The van der Waals surface area contributed by atoms with Crippen LogP contribution in [-0.2, 0) is 32.6 Å². The quantitative estimate of drug-likeness (QED) is 0.111. The fourth-order valence-electron chi connectivity index (χ4n) is 5.21. The van der Waals surface area contributed by atoms with Gasteiger partial charge in [-0.05, 0) is 68.3 Å². The number of benzene rings is 4. The average molecular weight is 772 g/mol. The van der Waals surface area contributed by atoms with Gasteiger partial charge >= 0.3 is 0 Å². The highest BCUT2D eigenvalue weighted by molar-refractivity contribution is 9.10. The zero-order valence-electron chi connectivity index (χ0n) is 27.3. The number of carbonyl (C=O) groups is 2. The van der Waals surface area contributed by atoms with Crippen LogP contribution in [0.4, 0.5) is 11.4 Å². The second kappa shape index (κ2) is 16.3. The molecule has 49 heavy (non-hydrogen) atoms. The Bertz CT molecular complexity index is 1940. The number of nitro benzene ring substituents is 1. The Morgan fingerprint density at radius 2 is 1.67 bits per heavy atom. The Morgan fingerprint density at radius 1 is 0.980 bits per heavy atom. The highest BCUT2D eigenvalue weighted by Crippen LogP contribution is 2.36. The summed E-state index contributed by atoms with van der Waals surface area (Å²) >= 11 is 9.80. The number of ether oxygens (including phenoxy) is 1. The summed E-state index contributed by atoms with van der Waals surface area (Å²) in [5.74, 6) is -1.06. The molecule has 2 amide bonds. The average Bonchev–Trinajstić information content (AvgIpc) is 3.05. The molecular weight excluding hydrogens is 736 g/mol. The summed E-state index contributed by atoms with van der Waals surface area (Å²) in [6, 6.07) is 22.9. The molecule has 0 saturated carbocycles. The van der Waals surface area contributed by atoms with Gasteiger partial charge in [-0.15, -0.1) is 0 Å². The van der Waals surface area contributed by atoms with Crippen molar-refractivity contribution in [1.29, 1.82) is 0 Å². The maximum absolute atomic E-state index is 14.7. The standard InChI is InChI=1S/C35H36BrClN4O7S/c1-23(2)38-35(43)32(18-25-9-6-5-7-10-25)39(21-26-11-8-12-27(36)17-26)34(42)22-40(31-19-28(37)14-16-33(31)48-4)49(46,47)29-15-13-24(3)30(20-29)41(44)45/h5-17,19-20,23,32H,18,21-22H2,1-4H3,(H,38,43)/t32-/m1/s1. The Balaban J connectivity index is 1.90. The second-order valence-electron chi connectivity index (χ2n) is 11.6. The number of anilines is 1. The zero-order valence-corrected chi connectivity index (χ0v) is 30.5. The van der Waals surface area contributed by atoms with Gasteiger partial charge in [-0.1, -0.05) is 76.1 Å². The lowest BCUT2D eigenvalue weighted by molar-refractivity contribution is -0.385. The molecule has 0 spiro atoms. The van der Waals surface area contributed by atoms with Crippen molar-refractivity contribution in [3.8, 4) is 5.75 Å². The predicted octanol–water partition coefficient (Wildman–Crippen LogP) is 6.69. The number of rotatable bonds is 14. The maximum atomic E-state index is 14.7. The van der Waals surface area contributed by atoms with Crippen molar-refractivity contribution in [3.05, 3.63) is 127 Å². The number of methoxy groups -OCH3 is 1. The molecule has 0 unspecified atom stereocenters. The summed E-state index contributed by atoms with van der Waals surface area (Å²) in [6.45, 7) is 4.26. The van der Waals surface area contributed by atoms with Gasteiger partial charge in [0.15, 0.2) is 0 Å². The van der Waals surface area contributed by atoms with Crippen LogP contribution < -0.4 is 14.4 Å². The first-order valence-corrected chi connectivity index (χ1v) is 17.8. The predicted molar refractivity (Wildman–Crippen MR) is 192 cm³/mol. The van der Waals surface area contributed by atoms with E-state index in [2.05, 4.69) is 21.2 Å². The van der Waals surface area contributed by atoms with E-state index in [0.29, 0.717) is 5.56 Å². The molecule has 258 valence electrons. The molecule has 0 aliphatic carbocycles. The monoisotopic (exact) mass is 770 g/mol. The molecule has 14 heteroatoms. The van der Waals surface area contributed by atoms with Gasteiger partial charge < -0.3 is 15.0 Å². The number of amides is 2. The van der Waals surface area contributed by atoms with Gasteiger partial charge in [0.05, 0.1) is 22.6 Å². The van der Waals surface area contributed by atoms with Gasteiger partial charge in [-0.3, -0.25) is 24.0 Å². The number of carbonyl (C=O) groups excluding carboxylic acids is 2. The highest BCUT2D eigenvalue weighted by Gasteiger charge is 2.36. The number of sulfonamides is 1. The first kappa shape index (κ1) is 37.4. The van der Waals surface area contributed by atoms with E-state index in [-0.39, 0.29) is 41.0 Å². The fourth-order valence-corrected chi connectivity index (χ4v) is 7.26. The van der Waals surface area contributed by atoms with Crippen molar-refractivity contribution < 1.29 is 27.7 Å². The molecule has 0 aromatic heterocycles. The SMILES string of the molecule is COc1ccc(Cl)cc1N(CC(=O)N(Cc1cccc(Br)c1)[C@H](Cc1ccccc1)C(=O)NC(C)C)S(=O)(=O)c1ccc(C)c([N+](=O)[O-])c1. The maximum Gasteiger partial charge on any atom is 0.273 e. The first-order chi connectivity index (χ1) is 23.2. The van der Waals surface area contributed by atoms with E-state index in [1.54, 1.807) is 32.0 Å². The lowest BCUT2D eigenvalue weighted by Crippen LogP contribution is -2.54. The van der Waals surface area contributed by atoms with E-state index in [1.165, 1.54) is 49.3 Å². The lowest BCUT2D eigenvalue weighted by atomic mass is 10.0. The van der Waals surface area contributed by atoms with Crippen LogP contribution in [-0.4, -0.2) is 55.8 Å². The smallest absolute Gasteiger partial charge is 0.273 e. The molecule has 4 rings (SSSR count). The van der Waals surface area contributed by atoms with E-state index >= 15 is 0 Å². The number of halogens is 2. The molecule has 0 fully saturated rings. The number of nitrogens with zero attached hydrogens (tertiary/aromatic N) is 3. The van der Waals surface area contributed by atoms with Gasteiger partial charge in [0.1, 0.15) is 18.3 Å². The molecule has 4 aromatic carbocycles. The number of hydrogen-bond acceptors (Lipinski definition) is 7. The third-order valence-corrected chi connectivity index (χ3v) is 10.1. The van der Waals surface area contributed by atoms with Crippen LogP contribution in [0.1, 0.15) is 30.5 Å². The Hall–Kier alpha value is -4.46. The molecule has 4 aromatic rings. The zero-order chi connectivity index (χ0) is 35.9. The number of nitro groups is 1. The summed E-state index contributed by atoms with van der Waals surface area (Å²) < 4.78 is 35.9. The minimum Gasteiger partial charge on any atom is -0.495 e. The summed E-state index contributed by atoms with van der Waals surface area (Å²) in [4.78, 5) is 40.6. The minimum absolute atomic E-state index is 0.0438. The Labute approximate surface area is 299 Å². The molecule has 11 nitrogen and oxygen atoms in total. The van der Waals surface area contributed by atoms with Crippen LogP contribution in [0, 0.1) is 17.0 Å². The summed E-state index contributed by atoms with van der Waals surface area (Å²) in [5.41, 5.74) is 1.25. The van der Waals surface area contributed by atoms with Crippen molar-refractivity contribution in [2.45, 2.75) is 50.7 Å². The number of nitrogens with one attached hydrogen (secondary N) is 1. The van der Waals surface area contributed by atoms with Crippen LogP contribution >= 0.6 is 27.5 Å². The molecule has 0 radical (unpaired) electrons. The van der Waals surface area contributed by atoms with E-state index in [9.17, 15) is 28.1 Å². The number of hydrogen-bond donors (Lipinski definition) is 1. The largest absolute Gasteiger partial charge is 0.495 e.